The lowest BCUT2D eigenvalue weighted by Crippen LogP contribution is -2.27. The molecule has 0 fully saturated rings. The molecule has 4 N–H and O–H groups in total. The van der Waals surface area contributed by atoms with Crippen LogP contribution in [0.15, 0.2) is 78.9 Å². The first-order valence-electron chi connectivity index (χ1n) is 11.1. The number of nitrogens with one attached hydrogen (secondary N) is 4. The van der Waals surface area contributed by atoms with Crippen LogP contribution in [-0.4, -0.2) is 24.3 Å². The van der Waals surface area contributed by atoms with Gasteiger partial charge >= 0.3 is 0 Å². The summed E-state index contributed by atoms with van der Waals surface area (Å²) in [6.45, 7) is 5.99. The van der Waals surface area contributed by atoms with Crippen LogP contribution in [0.3, 0.4) is 0 Å². The van der Waals surface area contributed by atoms with E-state index in [2.05, 4.69) is 21.3 Å². The summed E-state index contributed by atoms with van der Waals surface area (Å²) in [5.41, 5.74) is 2.86. The number of anilines is 3. The molecule has 0 saturated heterocycles. The first-order chi connectivity index (χ1) is 16.2. The van der Waals surface area contributed by atoms with E-state index >= 15 is 0 Å². The predicted molar refractivity (Wildman–Crippen MR) is 136 cm³/mol. The van der Waals surface area contributed by atoms with E-state index in [1.807, 2.05) is 57.2 Å². The molecule has 0 aliphatic carbocycles. The Hall–Kier alpha value is -4.13. The van der Waals surface area contributed by atoms with Gasteiger partial charge in [-0.1, -0.05) is 63.2 Å². The van der Waals surface area contributed by atoms with Gasteiger partial charge in [0.05, 0.1) is 6.54 Å². The smallest absolute Gasteiger partial charge is 0.251 e. The topological polar surface area (TPSA) is 99.3 Å². The van der Waals surface area contributed by atoms with Crippen LogP contribution >= 0.6 is 0 Å². The molecule has 3 rings (SSSR count). The van der Waals surface area contributed by atoms with Gasteiger partial charge in [-0.25, -0.2) is 0 Å². The molecule has 3 aromatic carbocycles. The standard InChI is InChI=1S/C27H30N4O3/c1-27(2,3)26(34)31-23-14-8-12-21(16-23)28-18-24(32)30-22-13-7-11-20(15-22)25(33)29-17-19-9-5-4-6-10-19/h4-16,28H,17-18H2,1-3H3,(H,29,33)(H,30,32)(H,31,34). The zero-order chi connectivity index (χ0) is 24.6. The molecule has 0 bridgehead atoms. The van der Waals surface area contributed by atoms with E-state index in [4.69, 9.17) is 0 Å². The summed E-state index contributed by atoms with van der Waals surface area (Å²) >= 11 is 0. The largest absolute Gasteiger partial charge is 0.376 e. The van der Waals surface area contributed by atoms with Crippen molar-refractivity contribution < 1.29 is 14.4 Å². The van der Waals surface area contributed by atoms with E-state index in [0.717, 1.165) is 5.56 Å². The van der Waals surface area contributed by atoms with E-state index in [1.165, 1.54) is 0 Å². The third-order valence-electron chi connectivity index (χ3n) is 4.96. The van der Waals surface area contributed by atoms with Gasteiger partial charge in [0.1, 0.15) is 0 Å². The van der Waals surface area contributed by atoms with E-state index in [1.54, 1.807) is 42.5 Å². The van der Waals surface area contributed by atoms with Crippen molar-refractivity contribution in [3.05, 3.63) is 90.0 Å². The van der Waals surface area contributed by atoms with Crippen LogP contribution in [0.2, 0.25) is 0 Å². The maximum atomic E-state index is 12.5. The molecule has 0 unspecified atom stereocenters. The molecule has 0 radical (unpaired) electrons. The lowest BCUT2D eigenvalue weighted by Gasteiger charge is -2.18. The Morgan fingerprint density at radius 2 is 1.38 bits per heavy atom. The fraction of sp³-hybridized carbons (Fsp3) is 0.222. The Labute approximate surface area is 200 Å². The molecule has 0 saturated carbocycles. The minimum Gasteiger partial charge on any atom is -0.376 e. The van der Waals surface area contributed by atoms with Crippen LogP contribution in [0.5, 0.6) is 0 Å². The lowest BCUT2D eigenvalue weighted by atomic mass is 9.95. The molecular weight excluding hydrogens is 428 g/mol. The zero-order valence-electron chi connectivity index (χ0n) is 19.6. The summed E-state index contributed by atoms with van der Waals surface area (Å²) < 4.78 is 0. The van der Waals surface area contributed by atoms with E-state index in [-0.39, 0.29) is 24.3 Å². The van der Waals surface area contributed by atoms with Gasteiger partial charge < -0.3 is 21.3 Å². The number of rotatable bonds is 8. The number of carbonyl (C=O) groups is 3. The summed E-state index contributed by atoms with van der Waals surface area (Å²) in [7, 11) is 0. The van der Waals surface area contributed by atoms with E-state index < -0.39 is 5.41 Å². The summed E-state index contributed by atoms with van der Waals surface area (Å²) in [6.07, 6.45) is 0. The highest BCUT2D eigenvalue weighted by molar-refractivity contribution is 5.98. The van der Waals surface area contributed by atoms with Gasteiger partial charge in [-0.05, 0) is 42.0 Å². The van der Waals surface area contributed by atoms with Gasteiger partial charge in [-0.2, -0.15) is 0 Å². The molecule has 0 aliphatic heterocycles. The molecule has 7 heteroatoms. The van der Waals surface area contributed by atoms with Crippen molar-refractivity contribution in [2.75, 3.05) is 22.5 Å². The van der Waals surface area contributed by atoms with Gasteiger partial charge in [0.15, 0.2) is 0 Å². The number of carbonyl (C=O) groups excluding carboxylic acids is 3. The van der Waals surface area contributed by atoms with Crippen molar-refractivity contribution in [3.63, 3.8) is 0 Å². The number of hydrogen-bond acceptors (Lipinski definition) is 4. The molecule has 3 aromatic rings. The van der Waals surface area contributed by atoms with Crippen molar-refractivity contribution in [1.82, 2.24) is 5.32 Å². The van der Waals surface area contributed by atoms with Crippen molar-refractivity contribution in [2.45, 2.75) is 27.3 Å². The Balaban J connectivity index is 1.52. The molecule has 0 heterocycles. The second-order valence-corrected chi connectivity index (χ2v) is 8.94. The summed E-state index contributed by atoms with van der Waals surface area (Å²) in [5.74, 6) is -0.562. The summed E-state index contributed by atoms with van der Waals surface area (Å²) in [4.78, 5) is 37.1. The van der Waals surface area contributed by atoms with Crippen LogP contribution < -0.4 is 21.3 Å². The normalized spacial score (nSPS) is 10.8. The number of hydrogen-bond donors (Lipinski definition) is 4. The van der Waals surface area contributed by atoms with Crippen molar-refractivity contribution in [3.8, 4) is 0 Å². The first kappa shape index (κ1) is 24.5. The second kappa shape index (κ2) is 11.1. The molecule has 3 amide bonds. The molecule has 176 valence electrons. The van der Waals surface area contributed by atoms with E-state index in [9.17, 15) is 14.4 Å². The fourth-order valence-corrected chi connectivity index (χ4v) is 3.03. The Bertz CT molecular complexity index is 1150. The summed E-state index contributed by atoms with van der Waals surface area (Å²) in [5, 5.41) is 11.6. The SMILES string of the molecule is CC(C)(C)C(=O)Nc1cccc(NCC(=O)Nc2cccc(C(=O)NCc3ccccc3)c2)c1. The maximum absolute atomic E-state index is 12.5. The van der Waals surface area contributed by atoms with Gasteiger partial charge in [0, 0.05) is 34.6 Å². The third-order valence-corrected chi connectivity index (χ3v) is 4.96. The minimum atomic E-state index is -0.504. The van der Waals surface area contributed by atoms with Crippen molar-refractivity contribution in [2.24, 2.45) is 5.41 Å². The van der Waals surface area contributed by atoms with Crippen molar-refractivity contribution >= 4 is 34.8 Å². The van der Waals surface area contributed by atoms with Crippen LogP contribution in [0, 0.1) is 5.41 Å². The van der Waals surface area contributed by atoms with Crippen LogP contribution in [0.1, 0.15) is 36.7 Å². The van der Waals surface area contributed by atoms with Gasteiger partial charge in [0.2, 0.25) is 11.8 Å². The van der Waals surface area contributed by atoms with E-state index in [0.29, 0.717) is 29.2 Å². The lowest BCUT2D eigenvalue weighted by molar-refractivity contribution is -0.123. The molecule has 0 spiro atoms. The van der Waals surface area contributed by atoms with Gasteiger partial charge in [0.25, 0.3) is 5.91 Å². The first-order valence-corrected chi connectivity index (χ1v) is 11.1. The van der Waals surface area contributed by atoms with Crippen LogP contribution in [-0.2, 0) is 16.1 Å². The van der Waals surface area contributed by atoms with Crippen LogP contribution in [0.4, 0.5) is 17.1 Å². The van der Waals surface area contributed by atoms with Gasteiger partial charge in [-0.3, -0.25) is 14.4 Å². The highest BCUT2D eigenvalue weighted by atomic mass is 16.2. The van der Waals surface area contributed by atoms with Gasteiger partial charge in [-0.15, -0.1) is 0 Å². The monoisotopic (exact) mass is 458 g/mol. The third kappa shape index (κ3) is 7.48. The molecule has 0 atom stereocenters. The summed E-state index contributed by atoms with van der Waals surface area (Å²) in [6, 6.07) is 23.6. The quantitative estimate of drug-likeness (QED) is 0.395. The molecule has 0 aromatic heterocycles. The highest BCUT2D eigenvalue weighted by Crippen LogP contribution is 2.20. The zero-order valence-corrected chi connectivity index (χ0v) is 19.6. The average Bonchev–Trinajstić information content (AvgIpc) is 2.82. The molecular formula is C27H30N4O3. The molecule has 0 aliphatic rings. The number of amides is 3. The van der Waals surface area contributed by atoms with Crippen LogP contribution in [0.25, 0.3) is 0 Å². The Kier molecular flexibility index (Phi) is 8.03. The maximum Gasteiger partial charge on any atom is 0.251 e. The van der Waals surface area contributed by atoms with Crippen molar-refractivity contribution in [1.29, 1.82) is 0 Å². The predicted octanol–water partition coefficient (Wildman–Crippen LogP) is 4.65. The highest BCUT2D eigenvalue weighted by Gasteiger charge is 2.21. The Morgan fingerprint density at radius 3 is 2.09 bits per heavy atom. The molecule has 34 heavy (non-hydrogen) atoms. The molecule has 7 nitrogen and oxygen atoms in total. The second-order valence-electron chi connectivity index (χ2n) is 8.94. The number of benzene rings is 3. The average molecular weight is 459 g/mol. The Morgan fingerprint density at radius 1 is 0.735 bits per heavy atom. The minimum absolute atomic E-state index is 0.0289. The fourth-order valence-electron chi connectivity index (χ4n) is 3.03.